The Bertz CT molecular complexity index is 693. The smallest absolute Gasteiger partial charge is 0.322 e. The third kappa shape index (κ3) is 13.4. The molecule has 0 spiro atoms. The van der Waals surface area contributed by atoms with Crippen LogP contribution in [-0.2, 0) is 28.8 Å². The molecular formula is C19H30N3O8S. The van der Waals surface area contributed by atoms with Crippen molar-refractivity contribution in [3.63, 3.8) is 0 Å². The van der Waals surface area contributed by atoms with Crippen LogP contribution in [0.3, 0.4) is 0 Å². The fourth-order valence-electron chi connectivity index (χ4n) is 2.26. The minimum atomic E-state index is -1.97. The lowest BCUT2D eigenvalue weighted by Crippen LogP contribution is -2.50. The summed E-state index contributed by atoms with van der Waals surface area (Å²) in [6.45, 7) is 1.22. The zero-order chi connectivity index (χ0) is 24.7. The second-order valence-corrected chi connectivity index (χ2v) is 7.64. The first-order chi connectivity index (χ1) is 15.0. The molecule has 0 aliphatic heterocycles. The van der Waals surface area contributed by atoms with Gasteiger partial charge in [-0.2, -0.15) is 0 Å². The third-order valence-corrected chi connectivity index (χ3v) is 5.15. The van der Waals surface area contributed by atoms with E-state index in [1.54, 1.807) is 0 Å². The lowest BCUT2D eigenvalue weighted by atomic mass is 10.1. The standard InChI is InChI=1S/C19H30N3O8S/c1-2-3-4-5-14(24)15(8-9-23)31-11-13(18(28)21-10-17(26)27)22-16(25)7-6-12(20)19(29)30/h8-9,12-13,15H,2-7,10-11,20H2,1H3,(H,21,28)(H,22,25)(H,26,27)(H,29,30)/t12-,13+,15?/m0/s1/i15D. The quantitative estimate of drug-likeness (QED) is 0.131. The summed E-state index contributed by atoms with van der Waals surface area (Å²) in [5, 5.41) is 20.0. The van der Waals surface area contributed by atoms with Crippen LogP contribution >= 0.6 is 11.8 Å². The molecule has 11 nitrogen and oxygen atoms in total. The Morgan fingerprint density at radius 2 is 1.84 bits per heavy atom. The number of rotatable bonds is 18. The Morgan fingerprint density at radius 1 is 1.16 bits per heavy atom. The van der Waals surface area contributed by atoms with Crippen LogP contribution < -0.4 is 16.4 Å². The molecule has 0 aliphatic carbocycles. The van der Waals surface area contributed by atoms with E-state index < -0.39 is 53.4 Å². The number of thioether (sulfide) groups is 1. The maximum atomic E-state index is 12.5. The number of unbranched alkanes of at least 4 members (excludes halogenated alkanes) is 2. The molecule has 1 unspecified atom stereocenters. The number of carboxylic acids is 2. The summed E-state index contributed by atoms with van der Waals surface area (Å²) in [7, 11) is 0. The number of Topliss-reactive ketones (excluding diaryl/α,β-unsaturated/α-hetero) is 1. The highest BCUT2D eigenvalue weighted by atomic mass is 32.2. The highest BCUT2D eigenvalue weighted by molar-refractivity contribution is 8.00. The van der Waals surface area contributed by atoms with Gasteiger partial charge in [0.05, 0.1) is 6.60 Å². The van der Waals surface area contributed by atoms with Gasteiger partial charge in [0.2, 0.25) is 11.8 Å². The Morgan fingerprint density at radius 3 is 2.39 bits per heavy atom. The van der Waals surface area contributed by atoms with E-state index in [-0.39, 0.29) is 25.0 Å². The molecule has 2 amide bonds. The van der Waals surface area contributed by atoms with Crippen LogP contribution in [0, 0.1) is 6.42 Å². The summed E-state index contributed by atoms with van der Waals surface area (Å²) in [4.78, 5) is 69.4. The molecule has 0 aromatic carbocycles. The van der Waals surface area contributed by atoms with E-state index in [1.165, 1.54) is 0 Å². The number of aldehydes is 1. The van der Waals surface area contributed by atoms with Gasteiger partial charge < -0.3 is 31.4 Å². The summed E-state index contributed by atoms with van der Waals surface area (Å²) in [5.74, 6) is -5.06. The summed E-state index contributed by atoms with van der Waals surface area (Å²) in [6.07, 6.45) is 2.86. The highest BCUT2D eigenvalue weighted by Crippen LogP contribution is 2.19. The molecule has 3 atom stereocenters. The zero-order valence-corrected chi connectivity index (χ0v) is 18.1. The van der Waals surface area contributed by atoms with Crippen LogP contribution in [0.1, 0.15) is 46.8 Å². The number of hydrogen-bond donors (Lipinski definition) is 5. The van der Waals surface area contributed by atoms with Crippen molar-refractivity contribution >= 4 is 47.6 Å². The molecule has 6 N–H and O–H groups in total. The molecule has 0 fully saturated rings. The van der Waals surface area contributed by atoms with Gasteiger partial charge in [0.1, 0.15) is 30.7 Å². The van der Waals surface area contributed by atoms with Gasteiger partial charge in [0.15, 0.2) is 0 Å². The second kappa shape index (κ2) is 16.3. The molecule has 31 heavy (non-hydrogen) atoms. The van der Waals surface area contributed by atoms with E-state index in [2.05, 4.69) is 10.6 Å². The minimum absolute atomic E-state index is 0.0595. The van der Waals surface area contributed by atoms with Crippen molar-refractivity contribution in [2.75, 3.05) is 12.3 Å². The van der Waals surface area contributed by atoms with Crippen molar-refractivity contribution in [2.45, 2.75) is 62.8 Å². The van der Waals surface area contributed by atoms with Gasteiger partial charge in [0.25, 0.3) is 0 Å². The normalized spacial score (nSPS) is 15.0. The van der Waals surface area contributed by atoms with Crippen molar-refractivity contribution < 1.29 is 40.4 Å². The average molecular weight is 462 g/mol. The molecule has 0 aromatic rings. The van der Waals surface area contributed by atoms with Crippen LogP contribution in [0.5, 0.6) is 0 Å². The summed E-state index contributed by atoms with van der Waals surface area (Å²) in [6, 6.07) is -2.61. The molecular weight excluding hydrogens is 430 g/mol. The molecule has 0 aromatic heterocycles. The van der Waals surface area contributed by atoms with Gasteiger partial charge >= 0.3 is 11.9 Å². The molecule has 0 bridgehead atoms. The molecule has 1 radical (unpaired) electrons. The summed E-state index contributed by atoms with van der Waals surface area (Å²) >= 11 is 0.645. The van der Waals surface area contributed by atoms with Gasteiger partial charge in [0, 0.05) is 25.0 Å². The van der Waals surface area contributed by atoms with Gasteiger partial charge in [-0.15, -0.1) is 11.8 Å². The predicted molar refractivity (Wildman–Crippen MR) is 113 cm³/mol. The fraction of sp³-hybridized carbons (Fsp3) is 0.632. The number of carbonyl (C=O) groups excluding carboxylic acids is 4. The van der Waals surface area contributed by atoms with Gasteiger partial charge in [-0.25, -0.2) is 0 Å². The number of carbonyl (C=O) groups is 6. The number of amides is 2. The fourth-order valence-corrected chi connectivity index (χ4v) is 3.26. The van der Waals surface area contributed by atoms with Crippen LogP contribution in [0.25, 0.3) is 0 Å². The van der Waals surface area contributed by atoms with Crippen molar-refractivity contribution in [3.05, 3.63) is 6.42 Å². The lowest BCUT2D eigenvalue weighted by Gasteiger charge is -2.20. The van der Waals surface area contributed by atoms with Crippen LogP contribution in [0.15, 0.2) is 0 Å². The van der Waals surface area contributed by atoms with Crippen molar-refractivity contribution in [1.29, 1.82) is 0 Å². The van der Waals surface area contributed by atoms with Crippen LogP contribution in [0.4, 0.5) is 0 Å². The van der Waals surface area contributed by atoms with Crippen molar-refractivity contribution in [2.24, 2.45) is 5.73 Å². The van der Waals surface area contributed by atoms with Gasteiger partial charge in [-0.05, 0) is 12.8 Å². The van der Waals surface area contributed by atoms with Crippen LogP contribution in [-0.4, -0.2) is 75.6 Å². The maximum absolute atomic E-state index is 12.5. The molecule has 0 aliphatic rings. The third-order valence-electron chi connectivity index (χ3n) is 3.97. The number of carboxylic acid groups (broad SMARTS) is 2. The Labute approximate surface area is 186 Å². The first kappa shape index (κ1) is 26.6. The zero-order valence-electron chi connectivity index (χ0n) is 18.3. The second-order valence-electron chi connectivity index (χ2n) is 6.57. The first-order valence-corrected chi connectivity index (χ1v) is 10.7. The van der Waals surface area contributed by atoms with Crippen molar-refractivity contribution in [1.82, 2.24) is 10.6 Å². The Hall–Kier alpha value is -2.47. The first-order valence-electron chi connectivity index (χ1n) is 10.2. The summed E-state index contributed by atoms with van der Waals surface area (Å²) < 4.78 is 8.34. The maximum Gasteiger partial charge on any atom is 0.322 e. The van der Waals surface area contributed by atoms with E-state index in [0.29, 0.717) is 24.5 Å². The van der Waals surface area contributed by atoms with E-state index >= 15 is 0 Å². The van der Waals surface area contributed by atoms with E-state index in [0.717, 1.165) is 19.3 Å². The van der Waals surface area contributed by atoms with E-state index in [9.17, 15) is 28.8 Å². The molecule has 0 heterocycles. The molecule has 0 saturated carbocycles. The number of ketones is 1. The molecule has 0 saturated heterocycles. The number of hydrogen-bond acceptors (Lipinski definition) is 8. The average Bonchev–Trinajstić information content (AvgIpc) is 2.73. The largest absolute Gasteiger partial charge is 0.480 e. The topological polar surface area (TPSA) is 193 Å². The monoisotopic (exact) mass is 461 g/mol. The number of aliphatic carboxylic acids is 2. The highest BCUT2D eigenvalue weighted by Gasteiger charge is 2.26. The van der Waals surface area contributed by atoms with Gasteiger partial charge in [-0.3, -0.25) is 24.0 Å². The van der Waals surface area contributed by atoms with Crippen LogP contribution in [0.2, 0.25) is 0 Å². The Balaban J connectivity index is 5.25. The number of nitrogens with two attached hydrogens (primary N) is 1. The molecule has 175 valence electrons. The Kier molecular flexibility index (Phi) is 13.9. The van der Waals surface area contributed by atoms with Gasteiger partial charge in [-0.1, -0.05) is 19.8 Å². The van der Waals surface area contributed by atoms with E-state index in [1.807, 2.05) is 6.92 Å². The van der Waals surface area contributed by atoms with E-state index in [4.69, 9.17) is 17.3 Å². The molecule has 0 rings (SSSR count). The predicted octanol–water partition coefficient (Wildman–Crippen LogP) is -0.482. The van der Waals surface area contributed by atoms with Crippen molar-refractivity contribution in [3.8, 4) is 0 Å². The summed E-state index contributed by atoms with van der Waals surface area (Å²) in [5.41, 5.74) is 5.34. The number of nitrogens with one attached hydrogen (secondary N) is 2. The molecule has 12 heteroatoms. The lowest BCUT2D eigenvalue weighted by molar-refractivity contribution is -0.139. The SMILES string of the molecule is [2H]C([CH]C=O)(SC[C@@H](NC(=O)CC[C@H](N)C(=O)O)C(=O)NCC(=O)O)C(=O)CCCCC. The minimum Gasteiger partial charge on any atom is -0.480 e.